The highest BCUT2D eigenvalue weighted by Crippen LogP contribution is 2.60. The number of ether oxygens (including phenoxy) is 2. The molecule has 258 valence electrons. The van der Waals surface area contributed by atoms with Crippen LogP contribution in [0.15, 0.2) is 15.9 Å². The number of aliphatic hydroxyl groups is 2. The third-order valence-corrected chi connectivity index (χ3v) is 11.5. The predicted molar refractivity (Wildman–Crippen MR) is 166 cm³/mol. The smallest absolute Gasteiger partial charge is 0.387 e. The van der Waals surface area contributed by atoms with Crippen molar-refractivity contribution in [2.75, 3.05) is 35.3 Å². The second-order valence-corrected chi connectivity index (χ2v) is 14.7. The molecule has 0 spiro atoms. The number of fused-ring (bicyclic) bond motifs is 3. The molecule has 0 aliphatic carbocycles. The summed E-state index contributed by atoms with van der Waals surface area (Å²) in [5.41, 5.74) is 9.84. The fraction of sp³-hybridized carbons (Fsp3) is 0.550. The number of aromatic nitrogens is 6. The van der Waals surface area contributed by atoms with Crippen LogP contribution >= 0.6 is 40.9 Å². The summed E-state index contributed by atoms with van der Waals surface area (Å²) in [6.07, 6.45) is -7.05. The molecule has 3 aromatic heterocycles. The van der Waals surface area contributed by atoms with Gasteiger partial charge in [-0.1, -0.05) is 0 Å². The summed E-state index contributed by atoms with van der Waals surface area (Å²) in [4.78, 5) is 61.1. The Morgan fingerprint density at radius 2 is 1.55 bits per heavy atom. The minimum Gasteiger partial charge on any atom is -0.387 e. The standard InChI is InChI=1S/C20H28N10O13P2S2/c21-19-26-13-7(15(33)28-19)24-6-12(47)11(46)5(41-17(6)25-13)2-40-45(37,38)43-44(35,36)39-1-4-9(31)10(32)18(42-4)30-3-23-8-14(30)27-20(22)29-16(8)34/h3-6,9-12,17-18,24,31-32,46-47H,1-2H2,(H,35,36)(H,37,38)(H3,22,27,29,34)(H4,21,25,26,28,33)/t4-,5-,6+,9-,10-,11-,12-,17-,18-/m1/s1. The number of nitrogens with one attached hydrogen (secondary N) is 4. The molecule has 0 aromatic carbocycles. The quantitative estimate of drug-likeness (QED) is 0.0794. The highest BCUT2D eigenvalue weighted by Gasteiger charge is 2.48. The maximum atomic E-state index is 12.6. The maximum Gasteiger partial charge on any atom is 0.481 e. The largest absolute Gasteiger partial charge is 0.481 e. The lowest BCUT2D eigenvalue weighted by molar-refractivity contribution is -0.0591. The van der Waals surface area contributed by atoms with Gasteiger partial charge in [0.25, 0.3) is 11.1 Å². The van der Waals surface area contributed by atoms with E-state index < -0.39 is 93.4 Å². The number of phosphoric acid groups is 2. The van der Waals surface area contributed by atoms with Crippen molar-refractivity contribution in [2.45, 2.75) is 53.4 Å². The van der Waals surface area contributed by atoms with Crippen molar-refractivity contribution in [3.8, 4) is 0 Å². The number of imidazole rings is 1. The molecule has 3 aromatic rings. The van der Waals surface area contributed by atoms with Crippen LogP contribution in [0.5, 0.6) is 0 Å². The van der Waals surface area contributed by atoms with Gasteiger partial charge in [-0.15, -0.1) is 0 Å². The molecule has 2 unspecified atom stereocenters. The highest BCUT2D eigenvalue weighted by molar-refractivity contribution is 7.85. The topological polar surface area (TPSA) is 347 Å². The van der Waals surface area contributed by atoms with Crippen LogP contribution in [0.25, 0.3) is 11.2 Å². The third kappa shape index (κ3) is 6.76. The van der Waals surface area contributed by atoms with Crippen LogP contribution in [0.4, 0.5) is 23.4 Å². The Labute approximate surface area is 272 Å². The van der Waals surface area contributed by atoms with Gasteiger partial charge in [-0.2, -0.15) is 39.5 Å². The van der Waals surface area contributed by atoms with Gasteiger partial charge in [0.15, 0.2) is 29.4 Å². The Hall–Kier alpha value is -2.77. The lowest BCUT2D eigenvalue weighted by Crippen LogP contribution is -2.62. The number of nitrogens with two attached hydrogens (primary N) is 2. The number of aromatic amines is 2. The summed E-state index contributed by atoms with van der Waals surface area (Å²) >= 11 is 8.99. The van der Waals surface area contributed by atoms with Crippen LogP contribution in [-0.2, 0) is 32.0 Å². The molecule has 2 saturated heterocycles. The monoisotopic (exact) mass is 742 g/mol. The minimum absolute atomic E-state index is 0.0827. The lowest BCUT2D eigenvalue weighted by atomic mass is 9.99. The molecule has 47 heavy (non-hydrogen) atoms. The average Bonchev–Trinajstić information content (AvgIpc) is 3.52. The Kier molecular flexibility index (Phi) is 9.14. The van der Waals surface area contributed by atoms with E-state index in [4.69, 9.17) is 30.0 Å². The first-order chi connectivity index (χ1) is 22.0. The Morgan fingerprint density at radius 1 is 0.915 bits per heavy atom. The van der Waals surface area contributed by atoms with Crippen molar-refractivity contribution >= 4 is 75.5 Å². The molecular formula is C20H28N10O13P2S2. The molecule has 6 rings (SSSR count). The molecular weight excluding hydrogens is 714 g/mol. The molecule has 0 radical (unpaired) electrons. The van der Waals surface area contributed by atoms with Crippen molar-refractivity contribution in [3.63, 3.8) is 0 Å². The number of hydrogen-bond donors (Lipinski definition) is 12. The number of hydrogen-bond acceptors (Lipinski definition) is 20. The zero-order valence-electron chi connectivity index (χ0n) is 23.4. The first-order valence-corrected chi connectivity index (χ1v) is 17.4. The van der Waals surface area contributed by atoms with Crippen LogP contribution in [0.3, 0.4) is 0 Å². The van der Waals surface area contributed by atoms with Gasteiger partial charge in [0.05, 0.1) is 31.7 Å². The molecule has 23 nitrogen and oxygen atoms in total. The van der Waals surface area contributed by atoms with E-state index >= 15 is 0 Å². The summed E-state index contributed by atoms with van der Waals surface area (Å²) in [7, 11) is -10.7. The molecule has 11 atom stereocenters. The van der Waals surface area contributed by atoms with Crippen LogP contribution in [0.2, 0.25) is 0 Å². The van der Waals surface area contributed by atoms with E-state index in [-0.39, 0.29) is 34.6 Å². The van der Waals surface area contributed by atoms with Crippen LogP contribution in [0.1, 0.15) is 6.23 Å². The molecule has 27 heteroatoms. The summed E-state index contributed by atoms with van der Waals surface area (Å²) in [5.74, 6) is -0.321. The van der Waals surface area contributed by atoms with Gasteiger partial charge in [0.2, 0.25) is 11.9 Å². The number of nitrogens with zero attached hydrogens (tertiary/aromatic N) is 4. The van der Waals surface area contributed by atoms with Crippen molar-refractivity contribution in [2.24, 2.45) is 0 Å². The van der Waals surface area contributed by atoms with Crippen LogP contribution in [-0.4, -0.2) is 110 Å². The van der Waals surface area contributed by atoms with Crippen molar-refractivity contribution in [1.82, 2.24) is 29.5 Å². The third-order valence-electron chi connectivity index (χ3n) is 7.35. The molecule has 3 aliphatic heterocycles. The predicted octanol–water partition coefficient (Wildman–Crippen LogP) is -2.53. The number of anilines is 4. The molecule has 2 fully saturated rings. The molecule has 3 aliphatic rings. The normalized spacial score (nSPS) is 32.9. The average molecular weight is 743 g/mol. The second-order valence-electron chi connectivity index (χ2n) is 10.5. The van der Waals surface area contributed by atoms with Gasteiger partial charge in [0.1, 0.15) is 24.0 Å². The molecule has 6 heterocycles. The Morgan fingerprint density at radius 3 is 2.26 bits per heavy atom. The molecule has 0 saturated carbocycles. The van der Waals surface area contributed by atoms with Crippen molar-refractivity contribution in [1.29, 1.82) is 0 Å². The van der Waals surface area contributed by atoms with E-state index in [1.807, 2.05) is 0 Å². The first kappa shape index (κ1) is 34.1. The van der Waals surface area contributed by atoms with E-state index in [1.54, 1.807) is 0 Å². The minimum atomic E-state index is -5.37. The zero-order valence-corrected chi connectivity index (χ0v) is 27.0. The second kappa shape index (κ2) is 12.6. The number of H-pyrrole nitrogens is 2. The summed E-state index contributed by atoms with van der Waals surface area (Å²) in [6, 6.07) is -0.616. The Balaban J connectivity index is 1.05. The SMILES string of the molecule is Nc1nc2c(c(=O)[nH]1)N[C@H]1[C@@H](S)[C@H](S)[C@@H](COP(=O)(O)OP(=O)(O)OC[C@H]3O[C@@H](n4cnc5c(=O)[nH]c(N)nc54)[C@H](O)[C@@H]3O)O[C@H]1N2. The van der Waals surface area contributed by atoms with Crippen LogP contribution < -0.4 is 33.2 Å². The van der Waals surface area contributed by atoms with Gasteiger partial charge in [-0.05, 0) is 0 Å². The first-order valence-electron chi connectivity index (χ1n) is 13.4. The van der Waals surface area contributed by atoms with Gasteiger partial charge in [-0.3, -0.25) is 33.2 Å². The summed E-state index contributed by atoms with van der Waals surface area (Å²) < 4.78 is 51.8. The summed E-state index contributed by atoms with van der Waals surface area (Å²) in [5, 5.41) is 25.5. The number of thiol groups is 2. The van der Waals surface area contributed by atoms with E-state index in [1.165, 1.54) is 0 Å². The van der Waals surface area contributed by atoms with E-state index in [2.05, 4.69) is 65.1 Å². The Bertz CT molecular complexity index is 1900. The molecule has 0 bridgehead atoms. The van der Waals surface area contributed by atoms with E-state index in [0.29, 0.717) is 0 Å². The summed E-state index contributed by atoms with van der Waals surface area (Å²) in [6.45, 7) is -1.60. The van der Waals surface area contributed by atoms with E-state index in [0.717, 1.165) is 10.9 Å². The van der Waals surface area contributed by atoms with Gasteiger partial charge < -0.3 is 51.6 Å². The maximum absolute atomic E-state index is 12.6. The van der Waals surface area contributed by atoms with Crippen molar-refractivity contribution in [3.05, 3.63) is 27.0 Å². The highest BCUT2D eigenvalue weighted by atomic mass is 32.1. The zero-order chi connectivity index (χ0) is 34.0. The number of nitrogen functional groups attached to an aromatic ring is 2. The fourth-order valence-electron chi connectivity index (χ4n) is 5.16. The van der Waals surface area contributed by atoms with Crippen molar-refractivity contribution < 1.29 is 52.0 Å². The lowest BCUT2D eigenvalue weighted by Gasteiger charge is -2.46. The number of rotatable bonds is 9. The van der Waals surface area contributed by atoms with Gasteiger partial charge >= 0.3 is 15.6 Å². The number of aliphatic hydroxyl groups excluding tert-OH is 2. The van der Waals surface area contributed by atoms with E-state index in [9.17, 15) is 38.7 Å². The van der Waals surface area contributed by atoms with Gasteiger partial charge in [-0.25, -0.2) is 14.1 Å². The fourth-order valence-corrected chi connectivity index (χ4v) is 8.01. The molecule has 0 amide bonds. The van der Waals surface area contributed by atoms with Gasteiger partial charge in [0, 0.05) is 10.5 Å². The van der Waals surface area contributed by atoms with Crippen LogP contribution in [0, 0.1) is 0 Å². The number of phosphoric ester groups is 2. The molecule has 12 N–H and O–H groups in total.